The maximum absolute atomic E-state index is 12.8. The molecule has 9 nitrogen and oxygen atoms in total. The van der Waals surface area contributed by atoms with E-state index in [-0.39, 0.29) is 23.1 Å². The monoisotopic (exact) mass is 488 g/mol. The van der Waals surface area contributed by atoms with Gasteiger partial charge in [-0.05, 0) is 43.7 Å². The second-order valence-electron chi connectivity index (χ2n) is 7.67. The number of hydrogen-bond acceptors (Lipinski definition) is 8. The van der Waals surface area contributed by atoms with Gasteiger partial charge in [0.1, 0.15) is 16.8 Å². The number of esters is 1. The lowest BCUT2D eigenvalue weighted by Crippen LogP contribution is -2.11. The molecule has 35 heavy (non-hydrogen) atoms. The summed E-state index contributed by atoms with van der Waals surface area (Å²) in [6.07, 6.45) is 1.42. The molecule has 3 heterocycles. The van der Waals surface area contributed by atoms with E-state index in [1.165, 1.54) is 10.9 Å². The minimum atomic E-state index is -0.541. The first-order chi connectivity index (χ1) is 17.0. The summed E-state index contributed by atoms with van der Waals surface area (Å²) < 4.78 is 12.3. The molecule has 2 aromatic carbocycles. The third-order valence-corrected chi connectivity index (χ3v) is 5.73. The van der Waals surface area contributed by atoms with Crippen LogP contribution in [0.15, 0.2) is 54.7 Å². The molecule has 0 fully saturated rings. The Hall–Kier alpha value is -4.24. The number of carbonyl (C=O) groups excluding carboxylic acids is 1. The molecule has 0 bridgehead atoms. The maximum Gasteiger partial charge on any atom is 0.343 e. The van der Waals surface area contributed by atoms with Gasteiger partial charge in [-0.1, -0.05) is 35.9 Å². The number of ether oxygens (including phenoxy) is 2. The van der Waals surface area contributed by atoms with Gasteiger partial charge < -0.3 is 14.8 Å². The first-order valence-corrected chi connectivity index (χ1v) is 11.3. The summed E-state index contributed by atoms with van der Waals surface area (Å²) in [4.78, 5) is 26.5. The Morgan fingerprint density at radius 2 is 1.86 bits per heavy atom. The van der Waals surface area contributed by atoms with Crippen molar-refractivity contribution in [1.29, 1.82) is 0 Å². The quantitative estimate of drug-likeness (QED) is 0.323. The number of halogens is 1. The van der Waals surface area contributed by atoms with Crippen molar-refractivity contribution in [3.05, 3.63) is 71.0 Å². The molecular weight excluding hydrogens is 468 g/mol. The fourth-order valence-corrected chi connectivity index (χ4v) is 4.00. The van der Waals surface area contributed by atoms with Crippen molar-refractivity contribution in [2.24, 2.45) is 0 Å². The molecule has 0 aliphatic carbocycles. The predicted molar refractivity (Wildman–Crippen MR) is 134 cm³/mol. The zero-order valence-electron chi connectivity index (χ0n) is 19.2. The van der Waals surface area contributed by atoms with Crippen molar-refractivity contribution in [1.82, 2.24) is 24.7 Å². The molecular formula is C25H21ClN6O3. The Kier molecular flexibility index (Phi) is 5.92. The van der Waals surface area contributed by atoms with Crippen LogP contribution in [0.25, 0.3) is 27.8 Å². The molecule has 0 atom stereocenters. The largest absolute Gasteiger partial charge is 0.494 e. The number of methoxy groups -OCH3 is 1. The van der Waals surface area contributed by atoms with E-state index in [2.05, 4.69) is 20.4 Å². The zero-order valence-corrected chi connectivity index (χ0v) is 20.0. The number of fused-ring (bicyclic) bond motifs is 2. The van der Waals surface area contributed by atoms with Gasteiger partial charge in [0.05, 0.1) is 30.9 Å². The Balaban J connectivity index is 1.69. The molecule has 176 valence electrons. The summed E-state index contributed by atoms with van der Waals surface area (Å²) in [5.74, 6) is 1.13. The Morgan fingerprint density at radius 3 is 2.60 bits per heavy atom. The SMILES string of the molecule is CCOC(=O)c1cnn(-c2cc(C)c3cccc(OC)c3n2)c1Nc1nc2ccccc2nc1Cl. The maximum atomic E-state index is 12.8. The predicted octanol–water partition coefficient (Wildman–Crippen LogP) is 5.25. The van der Waals surface area contributed by atoms with E-state index >= 15 is 0 Å². The van der Waals surface area contributed by atoms with Gasteiger partial charge in [-0.15, -0.1) is 0 Å². The van der Waals surface area contributed by atoms with Crippen LogP contribution in [0.3, 0.4) is 0 Å². The van der Waals surface area contributed by atoms with Crippen molar-refractivity contribution < 1.29 is 14.3 Å². The molecule has 1 N–H and O–H groups in total. The van der Waals surface area contributed by atoms with Crippen LogP contribution < -0.4 is 10.1 Å². The number of hydrogen-bond donors (Lipinski definition) is 1. The van der Waals surface area contributed by atoms with Crippen LogP contribution in [0.4, 0.5) is 11.6 Å². The minimum absolute atomic E-state index is 0.149. The molecule has 0 aliphatic heterocycles. The lowest BCUT2D eigenvalue weighted by molar-refractivity contribution is 0.0527. The van der Waals surface area contributed by atoms with Crippen LogP contribution in [0.2, 0.25) is 5.15 Å². The Labute approximate surface area is 205 Å². The van der Waals surface area contributed by atoms with Gasteiger partial charge >= 0.3 is 5.97 Å². The summed E-state index contributed by atoms with van der Waals surface area (Å²) in [7, 11) is 1.60. The highest BCUT2D eigenvalue weighted by molar-refractivity contribution is 6.32. The van der Waals surface area contributed by atoms with E-state index < -0.39 is 5.97 Å². The van der Waals surface area contributed by atoms with E-state index in [1.54, 1.807) is 14.0 Å². The van der Waals surface area contributed by atoms with Crippen LogP contribution in [0.5, 0.6) is 5.75 Å². The molecule has 0 saturated carbocycles. The number of anilines is 2. The minimum Gasteiger partial charge on any atom is -0.494 e. The van der Waals surface area contributed by atoms with Crippen LogP contribution >= 0.6 is 11.6 Å². The first-order valence-electron chi connectivity index (χ1n) is 10.9. The van der Waals surface area contributed by atoms with Gasteiger partial charge in [0, 0.05) is 5.39 Å². The van der Waals surface area contributed by atoms with E-state index in [0.29, 0.717) is 33.9 Å². The van der Waals surface area contributed by atoms with Gasteiger partial charge in [-0.25, -0.2) is 19.7 Å². The third kappa shape index (κ3) is 4.10. The summed E-state index contributed by atoms with van der Waals surface area (Å²) in [5.41, 5.74) is 3.14. The van der Waals surface area contributed by atoms with Crippen molar-refractivity contribution in [2.45, 2.75) is 13.8 Å². The molecule has 3 aromatic heterocycles. The molecule has 0 amide bonds. The number of aromatic nitrogens is 5. The molecule has 0 radical (unpaired) electrons. The fourth-order valence-electron chi connectivity index (χ4n) is 3.82. The number of aryl methyl sites for hydroxylation is 1. The summed E-state index contributed by atoms with van der Waals surface area (Å²) >= 11 is 6.44. The van der Waals surface area contributed by atoms with E-state index in [9.17, 15) is 4.79 Å². The lowest BCUT2D eigenvalue weighted by Gasteiger charge is -2.14. The van der Waals surface area contributed by atoms with E-state index in [0.717, 1.165) is 10.9 Å². The van der Waals surface area contributed by atoms with Gasteiger partial charge in [-0.3, -0.25) is 0 Å². The number of nitrogens with one attached hydrogen (secondary N) is 1. The first kappa shape index (κ1) is 22.5. The molecule has 0 saturated heterocycles. The second kappa shape index (κ2) is 9.19. The number of carbonyl (C=O) groups is 1. The third-order valence-electron chi connectivity index (χ3n) is 5.46. The van der Waals surface area contributed by atoms with Crippen LogP contribution in [-0.2, 0) is 4.74 Å². The molecule has 5 rings (SSSR count). The van der Waals surface area contributed by atoms with E-state index in [4.69, 9.17) is 26.1 Å². The zero-order chi connectivity index (χ0) is 24.5. The summed E-state index contributed by atoms with van der Waals surface area (Å²) in [6, 6.07) is 15.0. The summed E-state index contributed by atoms with van der Waals surface area (Å²) in [6.45, 7) is 3.92. The second-order valence-corrected chi connectivity index (χ2v) is 8.03. The molecule has 5 aromatic rings. The number of pyridine rings is 1. The molecule has 10 heteroatoms. The number of para-hydroxylation sites is 3. The van der Waals surface area contributed by atoms with Crippen molar-refractivity contribution in [2.75, 3.05) is 19.0 Å². The van der Waals surface area contributed by atoms with Gasteiger partial charge in [0.2, 0.25) is 0 Å². The molecule has 0 aliphatic rings. The van der Waals surface area contributed by atoms with Crippen LogP contribution in [-0.4, -0.2) is 44.4 Å². The summed E-state index contributed by atoms with van der Waals surface area (Å²) in [5, 5.41) is 8.68. The average Bonchev–Trinajstić information content (AvgIpc) is 3.28. The van der Waals surface area contributed by atoms with Gasteiger partial charge in [-0.2, -0.15) is 9.78 Å². The topological polar surface area (TPSA) is 104 Å². The van der Waals surface area contributed by atoms with Gasteiger partial charge in [0.25, 0.3) is 0 Å². The number of rotatable bonds is 6. The van der Waals surface area contributed by atoms with E-state index in [1.807, 2.05) is 55.5 Å². The Bertz CT molecular complexity index is 1580. The Morgan fingerprint density at radius 1 is 1.09 bits per heavy atom. The number of nitrogens with zero attached hydrogens (tertiary/aromatic N) is 5. The highest BCUT2D eigenvalue weighted by Crippen LogP contribution is 2.31. The highest BCUT2D eigenvalue weighted by atomic mass is 35.5. The standard InChI is InChI=1S/C25H21ClN6O3/c1-4-35-25(33)16-13-27-32(20-12-14(2)15-8-7-11-19(34-3)21(15)30-20)24(16)31-23-22(26)28-17-9-5-6-10-18(17)29-23/h5-13H,4H2,1-3H3,(H,29,31). The van der Waals surface area contributed by atoms with Crippen molar-refractivity contribution in [3.63, 3.8) is 0 Å². The highest BCUT2D eigenvalue weighted by Gasteiger charge is 2.23. The van der Waals surface area contributed by atoms with Gasteiger partial charge in [0.15, 0.2) is 22.6 Å². The number of benzene rings is 2. The average molecular weight is 489 g/mol. The van der Waals surface area contributed by atoms with Crippen LogP contribution in [0.1, 0.15) is 22.8 Å². The smallest absolute Gasteiger partial charge is 0.343 e. The fraction of sp³-hybridized carbons (Fsp3) is 0.160. The van der Waals surface area contributed by atoms with Crippen LogP contribution in [0, 0.1) is 6.92 Å². The van der Waals surface area contributed by atoms with Crippen molar-refractivity contribution in [3.8, 4) is 11.6 Å². The lowest BCUT2D eigenvalue weighted by atomic mass is 10.1. The normalized spacial score (nSPS) is 11.1. The molecule has 0 unspecified atom stereocenters. The molecule has 0 spiro atoms. The van der Waals surface area contributed by atoms with Crippen molar-refractivity contribution >= 4 is 51.1 Å².